The molecule has 0 aliphatic carbocycles. The molecule has 0 radical (unpaired) electrons. The molecule has 2 saturated heterocycles. The van der Waals surface area contributed by atoms with E-state index in [9.17, 15) is 19.8 Å². The van der Waals surface area contributed by atoms with E-state index in [2.05, 4.69) is 19.9 Å². The SMILES string of the molecule is CC[C@H]1O[C@@H](n2cnc3cc(Cl)c(Cl)cc32)C(OC(C)=O)[C@@H]1OC(C)=O.Clc1cc2nc[nH]c2cc1Cl.OC[C@H]1O[C@@H](n2cnc3cc(Cl)c(Cl)cc32)C(O)[C@@H]1O. The second-order valence-corrected chi connectivity index (χ2v) is 15.3. The highest BCUT2D eigenvalue weighted by Gasteiger charge is 2.49. The molecule has 15 nitrogen and oxygen atoms in total. The van der Waals surface area contributed by atoms with Crippen LogP contribution < -0.4 is 0 Å². The Morgan fingerprint density at radius 2 is 1.16 bits per heavy atom. The quantitative estimate of drug-likeness (QED) is 0.122. The number of carbonyl (C=O) groups is 2. The topological polar surface area (TPSA) is 196 Å². The molecular formula is C36H34Cl6N6O9. The van der Waals surface area contributed by atoms with E-state index >= 15 is 0 Å². The number of aliphatic hydroxyl groups is 3. The number of rotatable bonds is 6. The van der Waals surface area contributed by atoms with Gasteiger partial charge in [-0.15, -0.1) is 0 Å². The number of H-pyrrole nitrogens is 1. The van der Waals surface area contributed by atoms with E-state index in [0.717, 1.165) is 11.0 Å². The van der Waals surface area contributed by atoms with Gasteiger partial charge in [-0.1, -0.05) is 76.5 Å². The molecule has 2 aliphatic rings. The maximum atomic E-state index is 11.6. The van der Waals surface area contributed by atoms with E-state index < -0.39 is 61.0 Å². The molecule has 304 valence electrons. The van der Waals surface area contributed by atoms with Crippen molar-refractivity contribution in [3.8, 4) is 0 Å². The molecule has 2 aliphatic heterocycles. The predicted molar refractivity (Wildman–Crippen MR) is 214 cm³/mol. The zero-order chi connectivity index (χ0) is 41.3. The van der Waals surface area contributed by atoms with Gasteiger partial charge in [0.15, 0.2) is 24.7 Å². The van der Waals surface area contributed by atoms with Crippen LogP contribution in [0.5, 0.6) is 0 Å². The van der Waals surface area contributed by atoms with Crippen molar-refractivity contribution in [3.05, 3.63) is 85.5 Å². The highest BCUT2D eigenvalue weighted by molar-refractivity contribution is 6.43. The number of halogens is 6. The normalized spacial score (nSPS) is 24.3. The zero-order valence-corrected chi connectivity index (χ0v) is 34.6. The maximum Gasteiger partial charge on any atom is 0.303 e. The van der Waals surface area contributed by atoms with Crippen molar-refractivity contribution in [1.29, 1.82) is 0 Å². The summed E-state index contributed by atoms with van der Waals surface area (Å²) in [5.41, 5.74) is 4.23. The van der Waals surface area contributed by atoms with Gasteiger partial charge in [0.2, 0.25) is 0 Å². The van der Waals surface area contributed by atoms with Crippen LogP contribution in [-0.2, 0) is 28.5 Å². The number of hydrogen-bond donors (Lipinski definition) is 4. The van der Waals surface area contributed by atoms with Crippen LogP contribution in [0.1, 0.15) is 39.6 Å². The fourth-order valence-electron chi connectivity index (χ4n) is 6.40. The maximum absolute atomic E-state index is 11.6. The lowest BCUT2D eigenvalue weighted by Crippen LogP contribution is -2.38. The summed E-state index contributed by atoms with van der Waals surface area (Å²) in [4.78, 5) is 38.6. The Labute approximate surface area is 354 Å². The summed E-state index contributed by atoms with van der Waals surface area (Å²) in [6.45, 7) is 4.12. The molecule has 2 unspecified atom stereocenters. The van der Waals surface area contributed by atoms with Crippen molar-refractivity contribution in [1.82, 2.24) is 29.1 Å². The van der Waals surface area contributed by atoms with Crippen molar-refractivity contribution in [3.63, 3.8) is 0 Å². The van der Waals surface area contributed by atoms with E-state index in [1.54, 1.807) is 58.2 Å². The van der Waals surface area contributed by atoms with Gasteiger partial charge in [0.05, 0.1) is 88.8 Å². The minimum Gasteiger partial charge on any atom is -0.456 e. The van der Waals surface area contributed by atoms with Gasteiger partial charge in [0.25, 0.3) is 0 Å². The number of aromatic amines is 1. The van der Waals surface area contributed by atoms with Crippen LogP contribution in [0.2, 0.25) is 30.1 Å². The predicted octanol–water partition coefficient (Wildman–Crippen LogP) is 7.34. The molecule has 0 bridgehead atoms. The molecule has 57 heavy (non-hydrogen) atoms. The largest absolute Gasteiger partial charge is 0.456 e. The van der Waals surface area contributed by atoms with Crippen LogP contribution >= 0.6 is 69.6 Å². The van der Waals surface area contributed by atoms with Gasteiger partial charge in [-0.25, -0.2) is 15.0 Å². The molecule has 3 aromatic heterocycles. The van der Waals surface area contributed by atoms with Crippen molar-refractivity contribution in [2.24, 2.45) is 0 Å². The second-order valence-electron chi connectivity index (χ2n) is 12.9. The minimum atomic E-state index is -1.17. The third kappa shape index (κ3) is 9.24. The molecule has 8 rings (SSSR count). The Morgan fingerprint density at radius 3 is 1.67 bits per heavy atom. The molecule has 5 heterocycles. The van der Waals surface area contributed by atoms with Crippen LogP contribution in [-0.4, -0.2) is 99.6 Å². The van der Waals surface area contributed by atoms with Gasteiger partial charge in [0.1, 0.15) is 24.4 Å². The highest BCUT2D eigenvalue weighted by atomic mass is 35.5. The smallest absolute Gasteiger partial charge is 0.303 e. The van der Waals surface area contributed by atoms with E-state index in [-0.39, 0.29) is 6.61 Å². The summed E-state index contributed by atoms with van der Waals surface area (Å²) in [5.74, 6) is -0.969. The number of nitrogens with one attached hydrogen (secondary N) is 1. The van der Waals surface area contributed by atoms with Crippen molar-refractivity contribution < 1.29 is 43.9 Å². The minimum absolute atomic E-state index is 0.354. The molecule has 0 spiro atoms. The number of aromatic nitrogens is 6. The summed E-state index contributed by atoms with van der Waals surface area (Å²) < 4.78 is 25.6. The number of carbonyl (C=O) groups excluding carboxylic acids is 2. The zero-order valence-electron chi connectivity index (χ0n) is 30.0. The monoisotopic (exact) mass is 904 g/mol. The Hall–Kier alpha value is -3.45. The number of ether oxygens (including phenoxy) is 4. The fraction of sp³-hybridized carbons (Fsp3) is 0.361. The fourth-order valence-corrected chi connectivity index (χ4v) is 7.36. The van der Waals surface area contributed by atoms with Gasteiger partial charge in [-0.3, -0.25) is 9.59 Å². The molecule has 21 heteroatoms. The van der Waals surface area contributed by atoms with Crippen LogP contribution in [0.4, 0.5) is 0 Å². The number of hydrogen-bond acceptors (Lipinski definition) is 12. The van der Waals surface area contributed by atoms with Gasteiger partial charge in [-0.05, 0) is 42.8 Å². The number of imidazole rings is 3. The van der Waals surface area contributed by atoms with E-state index in [4.69, 9.17) is 93.7 Å². The number of nitrogens with zero attached hydrogens (tertiary/aromatic N) is 5. The Bertz CT molecular complexity index is 2370. The Balaban J connectivity index is 0.000000156. The van der Waals surface area contributed by atoms with E-state index in [1.807, 2.05) is 6.92 Å². The molecule has 8 atom stereocenters. The van der Waals surface area contributed by atoms with Crippen LogP contribution in [0.25, 0.3) is 33.1 Å². The Kier molecular flexibility index (Phi) is 13.8. The average Bonchev–Trinajstić information content (AvgIpc) is 3.99. The summed E-state index contributed by atoms with van der Waals surface area (Å²) in [5, 5.41) is 31.5. The first kappa shape index (κ1) is 43.1. The first-order valence-corrected chi connectivity index (χ1v) is 19.4. The first-order chi connectivity index (χ1) is 27.1. The summed E-state index contributed by atoms with van der Waals surface area (Å²) in [6, 6.07) is 10.0. The lowest BCUT2D eigenvalue weighted by atomic mass is 10.1. The molecule has 0 amide bonds. The molecule has 4 N–H and O–H groups in total. The summed E-state index contributed by atoms with van der Waals surface area (Å²) in [6.07, 6.45) is -1.46. The van der Waals surface area contributed by atoms with Crippen molar-refractivity contribution in [2.75, 3.05) is 6.61 Å². The van der Waals surface area contributed by atoms with Gasteiger partial charge in [-0.2, -0.15) is 0 Å². The number of esters is 2. The molecule has 3 aromatic carbocycles. The van der Waals surface area contributed by atoms with E-state index in [1.165, 1.54) is 20.2 Å². The van der Waals surface area contributed by atoms with E-state index in [0.29, 0.717) is 58.6 Å². The molecule has 6 aromatic rings. The average molecular weight is 907 g/mol. The molecule has 0 saturated carbocycles. The van der Waals surface area contributed by atoms with Gasteiger partial charge >= 0.3 is 11.9 Å². The van der Waals surface area contributed by atoms with Crippen LogP contribution in [0, 0.1) is 0 Å². The summed E-state index contributed by atoms with van der Waals surface area (Å²) in [7, 11) is 0. The molecular weight excluding hydrogens is 873 g/mol. The summed E-state index contributed by atoms with van der Waals surface area (Å²) >= 11 is 35.6. The van der Waals surface area contributed by atoms with Crippen molar-refractivity contribution in [2.45, 2.75) is 76.3 Å². The van der Waals surface area contributed by atoms with Crippen LogP contribution in [0.15, 0.2) is 55.4 Å². The van der Waals surface area contributed by atoms with Crippen LogP contribution in [0.3, 0.4) is 0 Å². The third-order valence-corrected chi connectivity index (χ3v) is 11.2. The first-order valence-electron chi connectivity index (χ1n) is 17.1. The number of benzene rings is 3. The Morgan fingerprint density at radius 1 is 0.684 bits per heavy atom. The second kappa shape index (κ2) is 18.2. The third-order valence-electron chi connectivity index (χ3n) is 9.05. The molecule has 2 fully saturated rings. The number of aliphatic hydroxyl groups excluding tert-OH is 3. The lowest BCUT2D eigenvalue weighted by Gasteiger charge is -2.23. The lowest BCUT2D eigenvalue weighted by molar-refractivity contribution is -0.165. The number of fused-ring (bicyclic) bond motifs is 3. The van der Waals surface area contributed by atoms with Gasteiger partial charge in [0, 0.05) is 13.8 Å². The standard InChI is InChI=1S/C17H18Cl2N2O5.C12H12Cl2N2O4.C7H4Cl2N2/c1-4-14-15(24-8(2)22)16(25-9(3)23)17(26-14)21-7-20-12-5-10(18)11(19)6-13(12)21;13-5-1-7-8(2-6(5)14)16(4-15-7)12-11(19)10(18)9(3-17)20-12;8-4-1-6-7(2-5(4)9)11-3-10-6/h5-7,14-17H,4H2,1-3H3;1-2,4,9-12,17-19H,3H2;1-3H,(H,10,11)/t14-,15-,16?,17-;9-,10-,11?,12-;/m11./s1. The highest BCUT2D eigenvalue weighted by Crippen LogP contribution is 2.39. The van der Waals surface area contributed by atoms with Crippen molar-refractivity contribution >= 4 is 115 Å². The van der Waals surface area contributed by atoms with Gasteiger partial charge < -0.3 is 48.4 Å².